The molecule has 24 heavy (non-hydrogen) atoms. The number of nitrogens with zero attached hydrogens (tertiary/aromatic N) is 4. The molecule has 2 aromatic carbocycles. The topological polar surface area (TPSA) is 52.3 Å². The van der Waals surface area contributed by atoms with Crippen LogP contribution in [0.4, 0.5) is 4.39 Å². The van der Waals surface area contributed by atoms with E-state index in [-0.39, 0.29) is 12.4 Å². The molecule has 0 radical (unpaired) electrons. The highest BCUT2D eigenvalue weighted by molar-refractivity contribution is 7.19. The Morgan fingerprint density at radius 1 is 1.08 bits per heavy atom. The van der Waals surface area contributed by atoms with Gasteiger partial charge in [0.15, 0.2) is 5.82 Å². The maximum Gasteiger partial charge on any atom is 0.235 e. The SMILES string of the molecule is Cc1ccccc1-c1nn2c(COc3ccc(F)cc3)nnc2s1. The first kappa shape index (κ1) is 14.8. The van der Waals surface area contributed by atoms with Crippen molar-refractivity contribution in [1.82, 2.24) is 19.8 Å². The van der Waals surface area contributed by atoms with Crippen LogP contribution in [-0.2, 0) is 6.61 Å². The molecule has 7 heteroatoms. The van der Waals surface area contributed by atoms with Crippen LogP contribution in [0.15, 0.2) is 48.5 Å². The molecule has 120 valence electrons. The van der Waals surface area contributed by atoms with Gasteiger partial charge in [-0.3, -0.25) is 0 Å². The van der Waals surface area contributed by atoms with Crippen molar-refractivity contribution >= 4 is 16.3 Å². The molecule has 0 saturated carbocycles. The van der Waals surface area contributed by atoms with Gasteiger partial charge in [-0.15, -0.1) is 10.2 Å². The highest BCUT2D eigenvalue weighted by Gasteiger charge is 2.14. The van der Waals surface area contributed by atoms with Gasteiger partial charge in [0.05, 0.1) is 0 Å². The Labute approximate surface area is 141 Å². The molecular weight excluding hydrogens is 327 g/mol. The summed E-state index contributed by atoms with van der Waals surface area (Å²) in [5, 5.41) is 13.7. The second kappa shape index (κ2) is 6.01. The summed E-state index contributed by atoms with van der Waals surface area (Å²) in [5.74, 6) is 0.877. The van der Waals surface area contributed by atoms with Crippen molar-refractivity contribution in [3.63, 3.8) is 0 Å². The predicted octanol–water partition coefficient (Wildman–Crippen LogP) is 3.88. The summed E-state index contributed by atoms with van der Waals surface area (Å²) < 4.78 is 20.2. The Balaban J connectivity index is 1.60. The van der Waals surface area contributed by atoms with E-state index in [9.17, 15) is 4.39 Å². The molecule has 0 fully saturated rings. The first-order chi connectivity index (χ1) is 11.7. The molecule has 0 aliphatic carbocycles. The van der Waals surface area contributed by atoms with Crippen LogP contribution in [0.1, 0.15) is 11.4 Å². The second-order valence-corrected chi connectivity index (χ2v) is 6.23. The predicted molar refractivity (Wildman–Crippen MR) is 89.6 cm³/mol. The van der Waals surface area contributed by atoms with Crippen molar-refractivity contribution in [2.24, 2.45) is 0 Å². The maximum atomic E-state index is 12.9. The molecule has 2 heterocycles. The van der Waals surface area contributed by atoms with E-state index in [2.05, 4.69) is 28.3 Å². The molecule has 0 bridgehead atoms. The minimum Gasteiger partial charge on any atom is -0.486 e. The number of halogens is 1. The molecule has 0 aliphatic rings. The lowest BCUT2D eigenvalue weighted by Crippen LogP contribution is -2.02. The summed E-state index contributed by atoms with van der Waals surface area (Å²) in [7, 11) is 0. The lowest BCUT2D eigenvalue weighted by atomic mass is 10.1. The number of hydrogen-bond acceptors (Lipinski definition) is 5. The van der Waals surface area contributed by atoms with Gasteiger partial charge in [0.2, 0.25) is 4.96 Å². The number of ether oxygens (including phenoxy) is 1. The number of aromatic nitrogens is 4. The van der Waals surface area contributed by atoms with Gasteiger partial charge in [-0.05, 0) is 36.8 Å². The lowest BCUT2D eigenvalue weighted by molar-refractivity contribution is 0.292. The minimum atomic E-state index is -0.297. The Morgan fingerprint density at radius 3 is 2.67 bits per heavy atom. The van der Waals surface area contributed by atoms with Crippen LogP contribution in [0.3, 0.4) is 0 Å². The molecule has 0 spiro atoms. The molecule has 5 nitrogen and oxygen atoms in total. The highest BCUT2D eigenvalue weighted by atomic mass is 32.1. The Morgan fingerprint density at radius 2 is 1.88 bits per heavy atom. The van der Waals surface area contributed by atoms with E-state index >= 15 is 0 Å². The van der Waals surface area contributed by atoms with Gasteiger partial charge in [-0.25, -0.2) is 4.39 Å². The van der Waals surface area contributed by atoms with Gasteiger partial charge in [-0.2, -0.15) is 9.61 Å². The van der Waals surface area contributed by atoms with Gasteiger partial charge in [0.1, 0.15) is 23.2 Å². The third-order valence-corrected chi connectivity index (χ3v) is 4.54. The quantitative estimate of drug-likeness (QED) is 0.566. The number of aryl methyl sites for hydroxylation is 1. The molecule has 0 aliphatic heterocycles. The molecule has 0 amide bonds. The number of rotatable bonds is 4. The molecule has 4 aromatic rings. The lowest BCUT2D eigenvalue weighted by Gasteiger charge is -2.03. The maximum absolute atomic E-state index is 12.9. The molecule has 0 saturated heterocycles. The van der Waals surface area contributed by atoms with Crippen LogP contribution in [0.5, 0.6) is 5.75 Å². The normalized spacial score (nSPS) is 11.1. The van der Waals surface area contributed by atoms with Crippen LogP contribution >= 0.6 is 11.3 Å². The fourth-order valence-electron chi connectivity index (χ4n) is 2.35. The third-order valence-electron chi connectivity index (χ3n) is 3.61. The number of hydrogen-bond donors (Lipinski definition) is 0. The van der Waals surface area contributed by atoms with Crippen LogP contribution in [0, 0.1) is 12.7 Å². The van der Waals surface area contributed by atoms with Crippen LogP contribution in [0.25, 0.3) is 15.5 Å². The summed E-state index contributed by atoms with van der Waals surface area (Å²) in [6.45, 7) is 2.26. The molecule has 0 atom stereocenters. The zero-order valence-electron chi connectivity index (χ0n) is 12.8. The fraction of sp³-hybridized carbons (Fsp3) is 0.118. The zero-order chi connectivity index (χ0) is 16.5. The highest BCUT2D eigenvalue weighted by Crippen LogP contribution is 2.28. The first-order valence-corrected chi connectivity index (χ1v) is 8.18. The van der Waals surface area contributed by atoms with Crippen LogP contribution < -0.4 is 4.74 Å². The fourth-order valence-corrected chi connectivity index (χ4v) is 3.30. The second-order valence-electron chi connectivity index (χ2n) is 5.28. The Bertz CT molecular complexity index is 993. The van der Waals surface area contributed by atoms with Crippen molar-refractivity contribution < 1.29 is 9.13 Å². The summed E-state index contributed by atoms with van der Waals surface area (Å²) in [5.41, 5.74) is 2.24. The van der Waals surface area contributed by atoms with E-state index in [4.69, 9.17) is 4.74 Å². The standard InChI is InChI=1S/C17H13FN4OS/c1-11-4-2-3-5-14(11)16-21-22-15(19-20-17(22)24-16)10-23-13-8-6-12(18)7-9-13/h2-9H,10H2,1H3. The van der Waals surface area contributed by atoms with E-state index < -0.39 is 0 Å². The van der Waals surface area contributed by atoms with Crippen molar-refractivity contribution in [3.05, 3.63) is 65.7 Å². The average Bonchev–Trinajstić information content (AvgIpc) is 3.16. The monoisotopic (exact) mass is 340 g/mol. The van der Waals surface area contributed by atoms with Gasteiger partial charge >= 0.3 is 0 Å². The third kappa shape index (κ3) is 2.74. The summed E-state index contributed by atoms with van der Waals surface area (Å²) in [6, 6.07) is 13.9. The summed E-state index contributed by atoms with van der Waals surface area (Å²) in [6.07, 6.45) is 0. The smallest absolute Gasteiger partial charge is 0.235 e. The van der Waals surface area contributed by atoms with Gasteiger partial charge in [-0.1, -0.05) is 35.6 Å². The molecular formula is C17H13FN4OS. The van der Waals surface area contributed by atoms with E-state index in [0.717, 1.165) is 16.1 Å². The summed E-state index contributed by atoms with van der Waals surface area (Å²) in [4.78, 5) is 0.714. The van der Waals surface area contributed by atoms with Crippen molar-refractivity contribution in [3.8, 4) is 16.3 Å². The van der Waals surface area contributed by atoms with Crippen LogP contribution in [0.2, 0.25) is 0 Å². The van der Waals surface area contributed by atoms with E-state index in [1.165, 1.54) is 23.5 Å². The summed E-state index contributed by atoms with van der Waals surface area (Å²) >= 11 is 1.48. The van der Waals surface area contributed by atoms with Crippen molar-refractivity contribution in [2.45, 2.75) is 13.5 Å². The van der Waals surface area contributed by atoms with Gasteiger partial charge in [0.25, 0.3) is 0 Å². The minimum absolute atomic E-state index is 0.212. The van der Waals surface area contributed by atoms with Crippen molar-refractivity contribution in [1.29, 1.82) is 0 Å². The number of benzene rings is 2. The van der Waals surface area contributed by atoms with Crippen LogP contribution in [-0.4, -0.2) is 19.8 Å². The van der Waals surface area contributed by atoms with E-state index in [0.29, 0.717) is 16.5 Å². The van der Waals surface area contributed by atoms with E-state index in [1.807, 2.05) is 18.2 Å². The molecule has 0 unspecified atom stereocenters. The van der Waals surface area contributed by atoms with Gasteiger partial charge in [0, 0.05) is 5.56 Å². The molecule has 0 N–H and O–H groups in total. The molecule has 4 rings (SSSR count). The Hall–Kier alpha value is -2.80. The first-order valence-electron chi connectivity index (χ1n) is 7.36. The van der Waals surface area contributed by atoms with Gasteiger partial charge < -0.3 is 4.74 Å². The Kier molecular flexibility index (Phi) is 3.70. The van der Waals surface area contributed by atoms with E-state index in [1.54, 1.807) is 16.6 Å². The number of fused-ring (bicyclic) bond motifs is 1. The van der Waals surface area contributed by atoms with Crippen molar-refractivity contribution in [2.75, 3.05) is 0 Å². The largest absolute Gasteiger partial charge is 0.486 e. The molecule has 2 aromatic heterocycles. The zero-order valence-corrected chi connectivity index (χ0v) is 13.6. The average molecular weight is 340 g/mol.